The van der Waals surface area contributed by atoms with Crippen LogP contribution >= 0.6 is 11.6 Å². The number of para-hydroxylation sites is 1. The molecule has 1 aliphatic rings. The van der Waals surface area contributed by atoms with Crippen molar-refractivity contribution in [3.05, 3.63) is 52.5 Å². The Morgan fingerprint density at radius 1 is 1.10 bits per heavy atom. The third-order valence-electron chi connectivity index (χ3n) is 5.24. The van der Waals surface area contributed by atoms with Crippen molar-refractivity contribution in [2.45, 2.75) is 56.9 Å². The molecule has 0 aromatic heterocycles. The van der Waals surface area contributed by atoms with E-state index in [1.54, 1.807) is 0 Å². The summed E-state index contributed by atoms with van der Waals surface area (Å²) in [5.74, 6) is -0.0657. The van der Waals surface area contributed by atoms with Gasteiger partial charge in [-0.25, -0.2) is 13.1 Å². The Balaban J connectivity index is 1.61. The second-order valence-corrected chi connectivity index (χ2v) is 9.77. The largest absolute Gasteiger partial charge is 0.482 e. The predicted molar refractivity (Wildman–Crippen MR) is 119 cm³/mol. The zero-order valence-corrected chi connectivity index (χ0v) is 18.8. The second-order valence-electron chi connectivity index (χ2n) is 7.65. The SMILES string of the molecule is Cc1cccc(C)c1NC(=O)COc1ccc(S(=O)(=O)NC2CCCCC2)cc1Cl. The minimum Gasteiger partial charge on any atom is -0.482 e. The number of carbonyl (C=O) groups is 1. The lowest BCUT2D eigenvalue weighted by atomic mass is 9.96. The standard InChI is InChI=1S/C22H27ClN2O4S/c1-15-7-6-8-16(2)22(15)24-21(26)14-29-20-12-11-18(13-19(20)23)30(27,28)25-17-9-4-3-5-10-17/h6-8,11-13,17,25H,3-5,9-10,14H2,1-2H3,(H,24,26). The third-order valence-corrected chi connectivity index (χ3v) is 7.06. The van der Waals surface area contributed by atoms with Crippen LogP contribution in [0.25, 0.3) is 0 Å². The van der Waals surface area contributed by atoms with Gasteiger partial charge in [-0.1, -0.05) is 49.1 Å². The molecular formula is C22H27ClN2O4S. The van der Waals surface area contributed by atoms with E-state index in [-0.39, 0.29) is 34.2 Å². The lowest BCUT2D eigenvalue weighted by Gasteiger charge is -2.22. The van der Waals surface area contributed by atoms with Crippen LogP contribution in [0.5, 0.6) is 5.75 Å². The average molecular weight is 451 g/mol. The number of hydrogen-bond donors (Lipinski definition) is 2. The van der Waals surface area contributed by atoms with E-state index in [4.69, 9.17) is 16.3 Å². The van der Waals surface area contributed by atoms with Gasteiger partial charge in [-0.3, -0.25) is 4.79 Å². The first kappa shape index (κ1) is 22.6. The first-order chi connectivity index (χ1) is 14.3. The summed E-state index contributed by atoms with van der Waals surface area (Å²) in [6, 6.07) is 9.99. The molecule has 0 heterocycles. The Morgan fingerprint density at radius 3 is 2.40 bits per heavy atom. The van der Waals surface area contributed by atoms with Crippen LogP contribution in [-0.4, -0.2) is 27.0 Å². The number of halogens is 1. The van der Waals surface area contributed by atoms with Crippen molar-refractivity contribution in [1.29, 1.82) is 0 Å². The van der Waals surface area contributed by atoms with E-state index >= 15 is 0 Å². The highest BCUT2D eigenvalue weighted by Crippen LogP contribution is 2.28. The van der Waals surface area contributed by atoms with Gasteiger partial charge in [0.05, 0.1) is 9.92 Å². The smallest absolute Gasteiger partial charge is 0.262 e. The third kappa shape index (κ3) is 5.74. The van der Waals surface area contributed by atoms with Gasteiger partial charge in [0.2, 0.25) is 10.0 Å². The molecule has 0 bridgehead atoms. The van der Waals surface area contributed by atoms with Crippen LogP contribution in [-0.2, 0) is 14.8 Å². The Hall–Kier alpha value is -2.09. The van der Waals surface area contributed by atoms with Gasteiger partial charge < -0.3 is 10.1 Å². The highest BCUT2D eigenvalue weighted by atomic mass is 35.5. The molecule has 1 fully saturated rings. The predicted octanol–water partition coefficient (Wildman–Crippen LogP) is 4.59. The topological polar surface area (TPSA) is 84.5 Å². The summed E-state index contributed by atoms with van der Waals surface area (Å²) < 4.78 is 33.5. The van der Waals surface area contributed by atoms with Crippen LogP contribution < -0.4 is 14.8 Å². The normalized spacial score (nSPS) is 15.0. The first-order valence-corrected chi connectivity index (χ1v) is 11.9. The molecule has 0 atom stereocenters. The molecule has 1 saturated carbocycles. The zero-order valence-electron chi connectivity index (χ0n) is 17.2. The summed E-state index contributed by atoms with van der Waals surface area (Å²) in [7, 11) is -3.65. The number of ether oxygens (including phenoxy) is 1. The van der Waals surface area contributed by atoms with E-state index in [9.17, 15) is 13.2 Å². The Labute approximate surface area is 183 Å². The van der Waals surface area contributed by atoms with Crippen molar-refractivity contribution in [2.75, 3.05) is 11.9 Å². The highest BCUT2D eigenvalue weighted by molar-refractivity contribution is 7.89. The Bertz CT molecular complexity index is 998. The number of hydrogen-bond acceptors (Lipinski definition) is 4. The van der Waals surface area contributed by atoms with E-state index in [2.05, 4.69) is 10.0 Å². The molecule has 0 radical (unpaired) electrons. The van der Waals surface area contributed by atoms with Gasteiger partial charge >= 0.3 is 0 Å². The maximum absolute atomic E-state index is 12.6. The lowest BCUT2D eigenvalue weighted by molar-refractivity contribution is -0.118. The average Bonchev–Trinajstić information content (AvgIpc) is 2.70. The summed E-state index contributed by atoms with van der Waals surface area (Å²) >= 11 is 6.22. The molecule has 3 rings (SSSR count). The molecule has 1 amide bonds. The number of rotatable bonds is 7. The van der Waals surface area contributed by atoms with Crippen LogP contribution in [0.15, 0.2) is 41.3 Å². The summed E-state index contributed by atoms with van der Waals surface area (Å²) in [6.07, 6.45) is 4.91. The van der Waals surface area contributed by atoms with Crippen molar-refractivity contribution in [3.8, 4) is 5.75 Å². The van der Waals surface area contributed by atoms with Gasteiger partial charge in [0, 0.05) is 11.7 Å². The van der Waals surface area contributed by atoms with E-state index < -0.39 is 10.0 Å². The Morgan fingerprint density at radius 2 is 1.77 bits per heavy atom. The van der Waals surface area contributed by atoms with E-state index in [0.29, 0.717) is 0 Å². The fraction of sp³-hybridized carbons (Fsp3) is 0.409. The molecule has 2 N–H and O–H groups in total. The van der Waals surface area contributed by atoms with Crippen molar-refractivity contribution in [3.63, 3.8) is 0 Å². The van der Waals surface area contributed by atoms with Crippen LogP contribution in [0.1, 0.15) is 43.2 Å². The van der Waals surface area contributed by atoms with Crippen molar-refractivity contribution >= 4 is 33.2 Å². The van der Waals surface area contributed by atoms with Crippen LogP contribution in [0, 0.1) is 13.8 Å². The number of nitrogens with one attached hydrogen (secondary N) is 2. The van der Waals surface area contributed by atoms with Gasteiger partial charge in [0.25, 0.3) is 5.91 Å². The first-order valence-electron chi connectivity index (χ1n) is 10.1. The maximum atomic E-state index is 12.6. The molecule has 0 unspecified atom stereocenters. The monoisotopic (exact) mass is 450 g/mol. The molecule has 6 nitrogen and oxygen atoms in total. The van der Waals surface area contributed by atoms with Crippen molar-refractivity contribution in [1.82, 2.24) is 4.72 Å². The molecule has 0 aliphatic heterocycles. The van der Waals surface area contributed by atoms with Gasteiger partial charge in [-0.2, -0.15) is 0 Å². The van der Waals surface area contributed by atoms with Gasteiger partial charge in [0.1, 0.15) is 5.75 Å². The summed E-state index contributed by atoms with van der Waals surface area (Å²) in [5, 5.41) is 2.98. The fourth-order valence-corrected chi connectivity index (χ4v) is 5.23. The second kappa shape index (κ2) is 9.81. The van der Waals surface area contributed by atoms with Crippen LogP contribution in [0.2, 0.25) is 5.02 Å². The minimum atomic E-state index is -3.65. The number of anilines is 1. The number of aryl methyl sites for hydroxylation is 2. The van der Waals surface area contributed by atoms with E-state index in [1.807, 2.05) is 32.0 Å². The molecule has 8 heteroatoms. The van der Waals surface area contributed by atoms with Crippen molar-refractivity contribution < 1.29 is 17.9 Å². The molecule has 2 aromatic rings. The molecule has 0 saturated heterocycles. The molecule has 0 spiro atoms. The Kier molecular flexibility index (Phi) is 7.39. The molecule has 2 aromatic carbocycles. The minimum absolute atomic E-state index is 0.0351. The van der Waals surface area contributed by atoms with Crippen molar-refractivity contribution in [2.24, 2.45) is 0 Å². The van der Waals surface area contributed by atoms with Crippen LogP contribution in [0.4, 0.5) is 5.69 Å². The van der Waals surface area contributed by atoms with Gasteiger partial charge in [-0.05, 0) is 56.0 Å². The maximum Gasteiger partial charge on any atom is 0.262 e. The number of benzene rings is 2. The van der Waals surface area contributed by atoms with Gasteiger partial charge in [0.15, 0.2) is 6.61 Å². The van der Waals surface area contributed by atoms with E-state index in [0.717, 1.165) is 48.9 Å². The number of amides is 1. The fourth-order valence-electron chi connectivity index (χ4n) is 3.60. The van der Waals surface area contributed by atoms with Gasteiger partial charge in [-0.15, -0.1) is 0 Å². The molecule has 1 aliphatic carbocycles. The molecule has 162 valence electrons. The summed E-state index contributed by atoms with van der Waals surface area (Å²) in [5.41, 5.74) is 2.68. The highest BCUT2D eigenvalue weighted by Gasteiger charge is 2.22. The lowest BCUT2D eigenvalue weighted by Crippen LogP contribution is -2.36. The number of carbonyl (C=O) groups excluding carboxylic acids is 1. The summed E-state index contributed by atoms with van der Waals surface area (Å²) in [6.45, 7) is 3.60. The van der Waals surface area contributed by atoms with E-state index in [1.165, 1.54) is 18.2 Å². The molecule has 30 heavy (non-hydrogen) atoms. The summed E-state index contributed by atoms with van der Waals surface area (Å²) in [4.78, 5) is 12.4. The molecular weight excluding hydrogens is 424 g/mol. The quantitative estimate of drug-likeness (QED) is 0.646. The van der Waals surface area contributed by atoms with Crippen LogP contribution in [0.3, 0.4) is 0 Å². The zero-order chi connectivity index (χ0) is 21.7. The number of sulfonamides is 1.